The number of allylic oxidation sites excluding steroid dienone is 2. The molecule has 1 heteroatoms. The highest BCUT2D eigenvalue weighted by molar-refractivity contribution is 5.33. The summed E-state index contributed by atoms with van der Waals surface area (Å²) in [5.74, 6) is 0. The Bertz CT molecular complexity index is 307. The van der Waals surface area contributed by atoms with E-state index >= 15 is 0 Å². The minimum atomic E-state index is 0.0977. The third-order valence-electron chi connectivity index (χ3n) is 2.42. The molecule has 0 fully saturated rings. The standard InChI is InChI=1S/C12H14O/c1-9-3-5-10(2)12-8-7-11(13-12)6-4-9/h3-5,7-8,11-12H,2,6H2,1H3/b5-3-,9-4-. The predicted octanol–water partition coefficient (Wildman–Crippen LogP) is 2.77. The van der Waals surface area contributed by atoms with Gasteiger partial charge < -0.3 is 4.74 Å². The van der Waals surface area contributed by atoms with Gasteiger partial charge in [-0.1, -0.05) is 42.5 Å². The smallest absolute Gasteiger partial charge is 0.101 e. The summed E-state index contributed by atoms with van der Waals surface area (Å²) in [5.41, 5.74) is 2.32. The first kappa shape index (κ1) is 8.52. The van der Waals surface area contributed by atoms with Crippen LogP contribution in [0.25, 0.3) is 0 Å². The SMILES string of the molecule is C=C1/C=C\C(C)=C/CC2C=CC1O2. The second-order valence-electron chi connectivity index (χ2n) is 3.57. The monoisotopic (exact) mass is 174 g/mol. The van der Waals surface area contributed by atoms with Crippen molar-refractivity contribution in [2.24, 2.45) is 0 Å². The maximum absolute atomic E-state index is 5.74. The van der Waals surface area contributed by atoms with Crippen molar-refractivity contribution < 1.29 is 4.74 Å². The van der Waals surface area contributed by atoms with Gasteiger partial charge in [-0.25, -0.2) is 0 Å². The molecule has 2 rings (SSSR count). The lowest BCUT2D eigenvalue weighted by atomic mass is 10.1. The molecule has 1 nitrogen and oxygen atoms in total. The van der Waals surface area contributed by atoms with E-state index < -0.39 is 0 Å². The van der Waals surface area contributed by atoms with Crippen LogP contribution in [0.5, 0.6) is 0 Å². The summed E-state index contributed by atoms with van der Waals surface area (Å²) < 4.78 is 5.74. The predicted molar refractivity (Wildman–Crippen MR) is 54.5 cm³/mol. The molecule has 2 unspecified atom stereocenters. The molecule has 0 aromatic heterocycles. The maximum Gasteiger partial charge on any atom is 0.101 e. The van der Waals surface area contributed by atoms with Crippen molar-refractivity contribution in [3.05, 3.63) is 48.1 Å². The van der Waals surface area contributed by atoms with Crippen LogP contribution < -0.4 is 0 Å². The Balaban J connectivity index is 2.26. The number of fused-ring (bicyclic) bond motifs is 2. The van der Waals surface area contributed by atoms with Gasteiger partial charge in [0, 0.05) is 0 Å². The van der Waals surface area contributed by atoms with Gasteiger partial charge in [0.05, 0.1) is 6.10 Å². The molecule has 2 atom stereocenters. The Morgan fingerprint density at radius 2 is 2.23 bits per heavy atom. The quantitative estimate of drug-likeness (QED) is 0.513. The van der Waals surface area contributed by atoms with E-state index in [1.54, 1.807) is 0 Å². The number of hydrogen-bond acceptors (Lipinski definition) is 1. The van der Waals surface area contributed by atoms with Crippen molar-refractivity contribution in [1.29, 1.82) is 0 Å². The Hall–Kier alpha value is -1.08. The van der Waals surface area contributed by atoms with E-state index in [4.69, 9.17) is 4.74 Å². The fourth-order valence-corrected chi connectivity index (χ4v) is 1.55. The average molecular weight is 174 g/mol. The van der Waals surface area contributed by atoms with Gasteiger partial charge >= 0.3 is 0 Å². The van der Waals surface area contributed by atoms with Gasteiger partial charge in [-0.15, -0.1) is 0 Å². The molecular weight excluding hydrogens is 160 g/mol. The summed E-state index contributed by atoms with van der Waals surface area (Å²) in [4.78, 5) is 0. The van der Waals surface area contributed by atoms with Crippen molar-refractivity contribution in [1.82, 2.24) is 0 Å². The highest BCUT2D eigenvalue weighted by atomic mass is 16.5. The van der Waals surface area contributed by atoms with E-state index in [1.165, 1.54) is 5.57 Å². The Morgan fingerprint density at radius 3 is 3.08 bits per heavy atom. The summed E-state index contributed by atoms with van der Waals surface area (Å²) in [5, 5.41) is 0. The topological polar surface area (TPSA) is 9.23 Å². The number of ether oxygens (including phenoxy) is 1. The van der Waals surface area contributed by atoms with E-state index in [2.05, 4.69) is 37.8 Å². The van der Waals surface area contributed by atoms with Gasteiger partial charge in [-0.05, 0) is 18.9 Å². The largest absolute Gasteiger partial charge is 0.362 e. The molecule has 0 aromatic rings. The van der Waals surface area contributed by atoms with Gasteiger partial charge in [0.2, 0.25) is 0 Å². The third-order valence-corrected chi connectivity index (χ3v) is 2.42. The van der Waals surface area contributed by atoms with Gasteiger partial charge in [0.25, 0.3) is 0 Å². The van der Waals surface area contributed by atoms with Crippen LogP contribution in [0.3, 0.4) is 0 Å². The van der Waals surface area contributed by atoms with Crippen LogP contribution in [0, 0.1) is 0 Å². The van der Waals surface area contributed by atoms with Crippen molar-refractivity contribution in [2.75, 3.05) is 0 Å². The second-order valence-corrected chi connectivity index (χ2v) is 3.57. The van der Waals surface area contributed by atoms with Gasteiger partial charge in [-0.3, -0.25) is 0 Å². The van der Waals surface area contributed by atoms with Crippen molar-refractivity contribution >= 4 is 0 Å². The fourth-order valence-electron chi connectivity index (χ4n) is 1.55. The zero-order valence-corrected chi connectivity index (χ0v) is 7.86. The van der Waals surface area contributed by atoms with Crippen LogP contribution in [0.2, 0.25) is 0 Å². The van der Waals surface area contributed by atoms with Gasteiger partial charge in [0.15, 0.2) is 0 Å². The summed E-state index contributed by atoms with van der Waals surface area (Å²) in [6.07, 6.45) is 11.9. The van der Waals surface area contributed by atoms with Crippen LogP contribution >= 0.6 is 0 Å². The molecule has 68 valence electrons. The molecular formula is C12H14O. The molecule has 2 heterocycles. The van der Waals surface area contributed by atoms with Gasteiger partial charge in [0.1, 0.15) is 6.10 Å². The van der Waals surface area contributed by atoms with E-state index in [1.807, 2.05) is 6.08 Å². The van der Waals surface area contributed by atoms with E-state index in [0.29, 0.717) is 0 Å². The molecule has 0 radical (unpaired) electrons. The van der Waals surface area contributed by atoms with Crippen molar-refractivity contribution in [2.45, 2.75) is 25.6 Å². The minimum Gasteiger partial charge on any atom is -0.362 e. The summed E-state index contributed by atoms with van der Waals surface area (Å²) in [6.45, 7) is 6.08. The lowest BCUT2D eigenvalue weighted by Crippen LogP contribution is -2.12. The molecule has 0 aliphatic carbocycles. The Morgan fingerprint density at radius 1 is 1.38 bits per heavy atom. The molecule has 0 aromatic carbocycles. The van der Waals surface area contributed by atoms with Crippen molar-refractivity contribution in [3.8, 4) is 0 Å². The molecule has 0 saturated heterocycles. The van der Waals surface area contributed by atoms with Crippen LogP contribution in [-0.2, 0) is 4.74 Å². The lowest BCUT2D eigenvalue weighted by Gasteiger charge is -2.11. The molecule has 2 bridgehead atoms. The van der Waals surface area contributed by atoms with Crippen LogP contribution in [0.15, 0.2) is 48.1 Å². The summed E-state index contributed by atoms with van der Waals surface area (Å²) in [6, 6.07) is 0. The third kappa shape index (κ3) is 1.81. The number of rotatable bonds is 0. The summed E-state index contributed by atoms with van der Waals surface area (Å²) >= 11 is 0. The number of hydrogen-bond donors (Lipinski definition) is 0. The van der Waals surface area contributed by atoms with Crippen molar-refractivity contribution in [3.63, 3.8) is 0 Å². The van der Waals surface area contributed by atoms with E-state index in [0.717, 1.165) is 12.0 Å². The average Bonchev–Trinajstić information content (AvgIpc) is 2.59. The highest BCUT2D eigenvalue weighted by Crippen LogP contribution is 2.23. The lowest BCUT2D eigenvalue weighted by molar-refractivity contribution is 0.0850. The zero-order valence-electron chi connectivity index (χ0n) is 7.86. The molecule has 13 heavy (non-hydrogen) atoms. The van der Waals surface area contributed by atoms with Gasteiger partial charge in [-0.2, -0.15) is 0 Å². The maximum atomic E-state index is 5.74. The minimum absolute atomic E-state index is 0.0977. The molecule has 0 spiro atoms. The molecule has 2 aliphatic rings. The first-order chi connectivity index (χ1) is 6.25. The molecule has 2 aliphatic heterocycles. The zero-order chi connectivity index (χ0) is 9.26. The first-order valence-corrected chi connectivity index (χ1v) is 4.63. The van der Waals surface area contributed by atoms with Crippen LogP contribution in [-0.4, -0.2) is 12.2 Å². The first-order valence-electron chi connectivity index (χ1n) is 4.63. The summed E-state index contributed by atoms with van der Waals surface area (Å²) in [7, 11) is 0. The van der Waals surface area contributed by atoms with Crippen LogP contribution in [0.1, 0.15) is 13.3 Å². The highest BCUT2D eigenvalue weighted by Gasteiger charge is 2.19. The molecule has 0 amide bonds. The fraction of sp³-hybridized carbons (Fsp3) is 0.333. The molecule has 0 saturated carbocycles. The Labute approximate surface area is 79.1 Å². The van der Waals surface area contributed by atoms with E-state index in [9.17, 15) is 0 Å². The normalized spacial score (nSPS) is 38.8. The Kier molecular flexibility index (Phi) is 2.19. The molecule has 0 N–H and O–H groups in total. The van der Waals surface area contributed by atoms with E-state index in [-0.39, 0.29) is 12.2 Å². The van der Waals surface area contributed by atoms with Crippen LogP contribution in [0.4, 0.5) is 0 Å². The second kappa shape index (κ2) is 3.35.